The van der Waals surface area contributed by atoms with Crippen LogP contribution in [0.5, 0.6) is 0 Å². The molecule has 7 heteroatoms. The first-order valence-corrected chi connectivity index (χ1v) is 7.65. The first-order valence-electron chi connectivity index (χ1n) is 6.17. The Morgan fingerprint density at radius 1 is 1.19 bits per heavy atom. The van der Waals surface area contributed by atoms with Crippen molar-refractivity contribution in [1.82, 2.24) is 9.71 Å². The molecule has 1 aromatic carbocycles. The first kappa shape index (κ1) is 15.1. The van der Waals surface area contributed by atoms with Gasteiger partial charge >= 0.3 is 5.97 Å². The van der Waals surface area contributed by atoms with Crippen molar-refractivity contribution in [2.45, 2.75) is 18.0 Å². The number of rotatable bonds is 5. The summed E-state index contributed by atoms with van der Waals surface area (Å²) in [5.74, 6) is -1.16. The number of benzene rings is 1. The van der Waals surface area contributed by atoms with Gasteiger partial charge in [-0.15, -0.1) is 0 Å². The standard InChI is InChI=1S/C14H14N2O4S/c1-10(11-5-3-2-4-6-11)16-21(19,20)13-8-7-12(9-15-13)14(17)18/h2-10,16H,1H3,(H,17,18). The minimum absolute atomic E-state index is 0.0648. The summed E-state index contributed by atoms with van der Waals surface area (Å²) in [6, 6.07) is 11.1. The molecule has 0 spiro atoms. The van der Waals surface area contributed by atoms with Crippen LogP contribution in [-0.2, 0) is 10.0 Å². The molecule has 6 nitrogen and oxygen atoms in total. The lowest BCUT2D eigenvalue weighted by Crippen LogP contribution is -2.27. The van der Waals surface area contributed by atoms with E-state index in [2.05, 4.69) is 9.71 Å². The van der Waals surface area contributed by atoms with E-state index in [0.29, 0.717) is 0 Å². The fourth-order valence-electron chi connectivity index (χ4n) is 1.77. The van der Waals surface area contributed by atoms with Crippen LogP contribution in [0.3, 0.4) is 0 Å². The van der Waals surface area contributed by atoms with Crippen LogP contribution in [0, 0.1) is 0 Å². The summed E-state index contributed by atoms with van der Waals surface area (Å²) in [5, 5.41) is 8.55. The third kappa shape index (κ3) is 3.65. The van der Waals surface area contributed by atoms with E-state index in [4.69, 9.17) is 5.11 Å². The van der Waals surface area contributed by atoms with Gasteiger partial charge in [0, 0.05) is 12.2 Å². The zero-order valence-corrected chi connectivity index (χ0v) is 12.0. The molecule has 1 heterocycles. The molecule has 1 atom stereocenters. The quantitative estimate of drug-likeness (QED) is 0.878. The Bertz CT molecular complexity index is 727. The molecule has 2 aromatic rings. The molecule has 0 amide bonds. The average molecular weight is 306 g/mol. The zero-order valence-electron chi connectivity index (χ0n) is 11.2. The van der Waals surface area contributed by atoms with Gasteiger partial charge in [0.05, 0.1) is 5.56 Å². The summed E-state index contributed by atoms with van der Waals surface area (Å²) in [4.78, 5) is 14.4. The average Bonchev–Trinajstić information content (AvgIpc) is 2.48. The van der Waals surface area contributed by atoms with Crippen LogP contribution < -0.4 is 4.72 Å². The first-order chi connectivity index (χ1) is 9.90. The highest BCUT2D eigenvalue weighted by Crippen LogP contribution is 2.15. The second kappa shape index (κ2) is 6.02. The Labute approximate surface area is 122 Å². The molecule has 2 rings (SSSR count). The molecule has 0 radical (unpaired) electrons. The van der Waals surface area contributed by atoms with Gasteiger partial charge in [0.1, 0.15) is 0 Å². The van der Waals surface area contributed by atoms with E-state index in [1.165, 1.54) is 12.1 Å². The monoisotopic (exact) mass is 306 g/mol. The van der Waals surface area contributed by atoms with Gasteiger partial charge in [-0.3, -0.25) is 0 Å². The highest BCUT2D eigenvalue weighted by Gasteiger charge is 2.20. The molecule has 2 N–H and O–H groups in total. The molecule has 21 heavy (non-hydrogen) atoms. The highest BCUT2D eigenvalue weighted by atomic mass is 32.2. The molecule has 0 aliphatic rings. The minimum Gasteiger partial charge on any atom is -0.478 e. The lowest BCUT2D eigenvalue weighted by atomic mass is 10.1. The van der Waals surface area contributed by atoms with Crippen molar-refractivity contribution in [1.29, 1.82) is 0 Å². The molecule has 0 fully saturated rings. The van der Waals surface area contributed by atoms with Gasteiger partial charge in [0.15, 0.2) is 5.03 Å². The third-order valence-electron chi connectivity index (χ3n) is 2.89. The van der Waals surface area contributed by atoms with Crippen molar-refractivity contribution >= 4 is 16.0 Å². The van der Waals surface area contributed by atoms with Gasteiger partial charge in [-0.1, -0.05) is 30.3 Å². The summed E-state index contributed by atoms with van der Waals surface area (Å²) in [5.41, 5.74) is 0.758. The predicted molar refractivity (Wildman–Crippen MR) is 76.4 cm³/mol. The molecule has 0 aliphatic heterocycles. The van der Waals surface area contributed by atoms with Gasteiger partial charge in [0.2, 0.25) is 0 Å². The largest absolute Gasteiger partial charge is 0.478 e. The number of aromatic carboxylic acids is 1. The predicted octanol–water partition coefficient (Wildman–Crippen LogP) is 1.82. The van der Waals surface area contributed by atoms with Gasteiger partial charge in [-0.2, -0.15) is 0 Å². The van der Waals surface area contributed by atoms with Crippen LogP contribution >= 0.6 is 0 Å². The van der Waals surface area contributed by atoms with Gasteiger partial charge in [0.25, 0.3) is 10.0 Å². The van der Waals surface area contributed by atoms with Crippen molar-refractivity contribution < 1.29 is 18.3 Å². The maximum Gasteiger partial charge on any atom is 0.337 e. The maximum atomic E-state index is 12.2. The van der Waals surface area contributed by atoms with E-state index in [1.807, 2.05) is 30.3 Å². The van der Waals surface area contributed by atoms with E-state index >= 15 is 0 Å². The van der Waals surface area contributed by atoms with Gasteiger partial charge in [-0.25, -0.2) is 22.9 Å². The van der Waals surface area contributed by atoms with Crippen molar-refractivity contribution in [3.8, 4) is 0 Å². The van der Waals surface area contributed by atoms with E-state index < -0.39 is 22.0 Å². The fourth-order valence-corrected chi connectivity index (χ4v) is 2.93. The molecule has 1 unspecified atom stereocenters. The number of pyridine rings is 1. The summed E-state index contributed by atoms with van der Waals surface area (Å²) >= 11 is 0. The SMILES string of the molecule is CC(NS(=O)(=O)c1ccc(C(=O)O)cn1)c1ccccc1. The second-order valence-electron chi connectivity index (χ2n) is 4.44. The number of carboxylic acid groups (broad SMARTS) is 1. The fraction of sp³-hybridized carbons (Fsp3) is 0.143. The highest BCUT2D eigenvalue weighted by molar-refractivity contribution is 7.89. The zero-order chi connectivity index (χ0) is 15.5. The van der Waals surface area contributed by atoms with Crippen LogP contribution in [0.25, 0.3) is 0 Å². The number of aromatic nitrogens is 1. The van der Waals surface area contributed by atoms with Crippen LogP contribution in [0.2, 0.25) is 0 Å². The van der Waals surface area contributed by atoms with Crippen LogP contribution in [0.1, 0.15) is 28.9 Å². The van der Waals surface area contributed by atoms with Crippen LogP contribution in [0.15, 0.2) is 53.7 Å². The normalized spacial score (nSPS) is 12.8. The topological polar surface area (TPSA) is 96.4 Å². The molecule has 0 bridgehead atoms. The minimum atomic E-state index is -3.80. The smallest absolute Gasteiger partial charge is 0.337 e. The Hall–Kier alpha value is -2.25. The van der Waals surface area contributed by atoms with Crippen molar-refractivity contribution in [3.63, 3.8) is 0 Å². The number of sulfonamides is 1. The lowest BCUT2D eigenvalue weighted by Gasteiger charge is -2.14. The molecule has 110 valence electrons. The van der Waals surface area contributed by atoms with Crippen LogP contribution in [0.4, 0.5) is 0 Å². The van der Waals surface area contributed by atoms with E-state index in [0.717, 1.165) is 11.8 Å². The van der Waals surface area contributed by atoms with Crippen molar-refractivity contribution in [2.24, 2.45) is 0 Å². The number of hydrogen-bond donors (Lipinski definition) is 2. The molecule has 0 saturated carbocycles. The summed E-state index contributed by atoms with van der Waals surface area (Å²) < 4.78 is 26.9. The molecule has 1 aromatic heterocycles. The maximum absolute atomic E-state index is 12.2. The Balaban J connectivity index is 2.20. The lowest BCUT2D eigenvalue weighted by molar-refractivity contribution is 0.0696. The molecular weight excluding hydrogens is 292 g/mol. The number of hydrogen-bond acceptors (Lipinski definition) is 4. The van der Waals surface area contributed by atoms with Gasteiger partial charge < -0.3 is 5.11 Å². The van der Waals surface area contributed by atoms with Crippen LogP contribution in [-0.4, -0.2) is 24.5 Å². The van der Waals surface area contributed by atoms with E-state index in [9.17, 15) is 13.2 Å². The summed E-state index contributed by atoms with van der Waals surface area (Å²) in [6.07, 6.45) is 1.02. The molecular formula is C14H14N2O4S. The Kier molecular flexibility index (Phi) is 4.35. The summed E-state index contributed by atoms with van der Waals surface area (Å²) in [6.45, 7) is 1.72. The number of nitrogens with one attached hydrogen (secondary N) is 1. The Morgan fingerprint density at radius 2 is 1.86 bits per heavy atom. The van der Waals surface area contributed by atoms with E-state index in [-0.39, 0.29) is 10.6 Å². The number of carboxylic acids is 1. The number of nitrogens with zero attached hydrogens (tertiary/aromatic N) is 1. The number of carbonyl (C=O) groups is 1. The van der Waals surface area contributed by atoms with Gasteiger partial charge in [-0.05, 0) is 24.6 Å². The van der Waals surface area contributed by atoms with E-state index in [1.54, 1.807) is 6.92 Å². The Morgan fingerprint density at radius 3 is 2.38 bits per heavy atom. The molecule has 0 saturated heterocycles. The van der Waals surface area contributed by atoms with Crippen molar-refractivity contribution in [3.05, 3.63) is 59.8 Å². The summed E-state index contributed by atoms with van der Waals surface area (Å²) in [7, 11) is -3.80. The van der Waals surface area contributed by atoms with Crippen molar-refractivity contribution in [2.75, 3.05) is 0 Å². The molecule has 0 aliphatic carbocycles. The third-order valence-corrected chi connectivity index (χ3v) is 4.35. The second-order valence-corrected chi connectivity index (χ2v) is 6.10.